The quantitative estimate of drug-likeness (QED) is 0.685. The Morgan fingerprint density at radius 3 is 2.42 bits per heavy atom. The molecule has 0 N–H and O–H groups in total. The molecule has 0 radical (unpaired) electrons. The molecule has 2 heteroatoms. The summed E-state index contributed by atoms with van der Waals surface area (Å²) >= 11 is 6.05. The Bertz CT molecular complexity index is 281. The molecule has 12 heavy (non-hydrogen) atoms. The smallest absolute Gasteiger partial charge is 0.141 e. The molecule has 0 aromatic heterocycles. The SMILES string of the molecule is CCOc1c(C)ccc(C)c1Cl. The summed E-state index contributed by atoms with van der Waals surface area (Å²) in [5, 5.41) is 0.733. The van der Waals surface area contributed by atoms with Crippen LogP contribution in [0.15, 0.2) is 12.1 Å². The van der Waals surface area contributed by atoms with Gasteiger partial charge in [0.25, 0.3) is 0 Å². The van der Waals surface area contributed by atoms with E-state index >= 15 is 0 Å². The van der Waals surface area contributed by atoms with Crippen molar-refractivity contribution in [1.82, 2.24) is 0 Å². The van der Waals surface area contributed by atoms with Crippen LogP contribution in [0.4, 0.5) is 0 Å². The lowest BCUT2D eigenvalue weighted by Gasteiger charge is -2.10. The maximum Gasteiger partial charge on any atom is 0.141 e. The Kier molecular flexibility index (Phi) is 2.99. The van der Waals surface area contributed by atoms with E-state index in [2.05, 4.69) is 0 Å². The number of hydrogen-bond acceptors (Lipinski definition) is 1. The van der Waals surface area contributed by atoms with Gasteiger partial charge in [-0.05, 0) is 31.9 Å². The van der Waals surface area contributed by atoms with Crippen LogP contribution in [0.25, 0.3) is 0 Å². The van der Waals surface area contributed by atoms with Gasteiger partial charge in [-0.1, -0.05) is 23.7 Å². The molecule has 1 rings (SSSR count). The minimum atomic E-state index is 0.657. The predicted molar refractivity (Wildman–Crippen MR) is 52.1 cm³/mol. The van der Waals surface area contributed by atoms with Crippen molar-refractivity contribution in [3.05, 3.63) is 28.3 Å². The molecule has 0 fully saturated rings. The summed E-state index contributed by atoms with van der Waals surface area (Å²) in [7, 11) is 0. The van der Waals surface area contributed by atoms with E-state index in [1.165, 1.54) is 0 Å². The van der Waals surface area contributed by atoms with Gasteiger partial charge in [-0.15, -0.1) is 0 Å². The molecule has 0 bridgehead atoms. The highest BCUT2D eigenvalue weighted by molar-refractivity contribution is 6.32. The maximum atomic E-state index is 6.05. The lowest BCUT2D eigenvalue weighted by Crippen LogP contribution is -1.95. The lowest BCUT2D eigenvalue weighted by molar-refractivity contribution is 0.338. The third-order valence-corrected chi connectivity index (χ3v) is 2.25. The Hall–Kier alpha value is -0.690. The van der Waals surface area contributed by atoms with Crippen molar-refractivity contribution >= 4 is 11.6 Å². The highest BCUT2D eigenvalue weighted by Crippen LogP contribution is 2.31. The summed E-state index contributed by atoms with van der Waals surface area (Å²) in [6.45, 7) is 6.59. The molecule has 0 saturated heterocycles. The van der Waals surface area contributed by atoms with E-state index in [0.717, 1.165) is 21.9 Å². The van der Waals surface area contributed by atoms with Crippen molar-refractivity contribution in [3.8, 4) is 5.75 Å². The first kappa shape index (κ1) is 9.40. The van der Waals surface area contributed by atoms with Crippen LogP contribution in [-0.4, -0.2) is 6.61 Å². The van der Waals surface area contributed by atoms with Crippen LogP contribution in [-0.2, 0) is 0 Å². The van der Waals surface area contributed by atoms with Crippen LogP contribution in [0, 0.1) is 13.8 Å². The number of ether oxygens (including phenoxy) is 1. The van der Waals surface area contributed by atoms with Crippen molar-refractivity contribution in [2.24, 2.45) is 0 Å². The van der Waals surface area contributed by atoms with E-state index in [9.17, 15) is 0 Å². The summed E-state index contributed by atoms with van der Waals surface area (Å²) in [6, 6.07) is 4.02. The molecule has 0 aliphatic heterocycles. The Balaban J connectivity index is 3.14. The molecule has 0 unspecified atom stereocenters. The van der Waals surface area contributed by atoms with Crippen molar-refractivity contribution in [3.63, 3.8) is 0 Å². The maximum absolute atomic E-state index is 6.05. The highest BCUT2D eigenvalue weighted by atomic mass is 35.5. The lowest BCUT2D eigenvalue weighted by atomic mass is 10.1. The fourth-order valence-corrected chi connectivity index (χ4v) is 1.34. The minimum Gasteiger partial charge on any atom is -0.492 e. The molecule has 0 amide bonds. The topological polar surface area (TPSA) is 9.23 Å². The van der Waals surface area contributed by atoms with Crippen molar-refractivity contribution in [2.45, 2.75) is 20.8 Å². The van der Waals surface area contributed by atoms with E-state index in [1.54, 1.807) is 0 Å². The fraction of sp³-hybridized carbons (Fsp3) is 0.400. The second-order valence-electron chi connectivity index (χ2n) is 2.78. The van der Waals surface area contributed by atoms with Crippen molar-refractivity contribution < 1.29 is 4.74 Å². The summed E-state index contributed by atoms with van der Waals surface area (Å²) in [4.78, 5) is 0. The van der Waals surface area contributed by atoms with Crippen LogP contribution < -0.4 is 4.74 Å². The third kappa shape index (κ3) is 1.72. The first-order valence-corrected chi connectivity index (χ1v) is 4.43. The van der Waals surface area contributed by atoms with Gasteiger partial charge in [0, 0.05) is 0 Å². The van der Waals surface area contributed by atoms with Gasteiger partial charge in [0.2, 0.25) is 0 Å². The number of benzene rings is 1. The van der Waals surface area contributed by atoms with Gasteiger partial charge in [-0.25, -0.2) is 0 Å². The van der Waals surface area contributed by atoms with Gasteiger partial charge >= 0.3 is 0 Å². The molecule has 66 valence electrons. The zero-order chi connectivity index (χ0) is 9.14. The predicted octanol–water partition coefficient (Wildman–Crippen LogP) is 3.36. The van der Waals surface area contributed by atoms with Gasteiger partial charge in [-0.3, -0.25) is 0 Å². The molecule has 0 spiro atoms. The number of aryl methyl sites for hydroxylation is 2. The van der Waals surface area contributed by atoms with Gasteiger partial charge < -0.3 is 4.74 Å². The monoisotopic (exact) mass is 184 g/mol. The molecule has 0 heterocycles. The van der Waals surface area contributed by atoms with Crippen LogP contribution in [0.5, 0.6) is 5.75 Å². The van der Waals surface area contributed by atoms with Crippen LogP contribution in [0.3, 0.4) is 0 Å². The van der Waals surface area contributed by atoms with Crippen molar-refractivity contribution in [2.75, 3.05) is 6.61 Å². The largest absolute Gasteiger partial charge is 0.492 e. The van der Waals surface area contributed by atoms with E-state index in [4.69, 9.17) is 16.3 Å². The summed E-state index contributed by atoms with van der Waals surface area (Å²) in [6.07, 6.45) is 0. The number of halogens is 1. The summed E-state index contributed by atoms with van der Waals surface area (Å²) in [5.41, 5.74) is 2.15. The Morgan fingerprint density at radius 1 is 1.25 bits per heavy atom. The molecule has 1 nitrogen and oxygen atoms in total. The second kappa shape index (κ2) is 3.81. The summed E-state index contributed by atoms with van der Waals surface area (Å²) < 4.78 is 5.42. The first-order valence-electron chi connectivity index (χ1n) is 4.05. The highest BCUT2D eigenvalue weighted by Gasteiger charge is 2.06. The molecular weight excluding hydrogens is 172 g/mol. The van der Waals surface area contributed by atoms with Gasteiger partial charge in [0.15, 0.2) is 0 Å². The summed E-state index contributed by atoms with van der Waals surface area (Å²) in [5.74, 6) is 0.819. The third-order valence-electron chi connectivity index (χ3n) is 1.78. The number of hydrogen-bond donors (Lipinski definition) is 0. The van der Waals surface area contributed by atoms with Crippen LogP contribution in [0.2, 0.25) is 5.02 Å². The molecule has 0 aliphatic rings. The van der Waals surface area contributed by atoms with Gasteiger partial charge in [0.1, 0.15) is 5.75 Å². The molecule has 1 aromatic rings. The van der Waals surface area contributed by atoms with Crippen LogP contribution in [0.1, 0.15) is 18.1 Å². The van der Waals surface area contributed by atoms with Gasteiger partial charge in [-0.2, -0.15) is 0 Å². The van der Waals surface area contributed by atoms with Crippen LogP contribution >= 0.6 is 11.6 Å². The van der Waals surface area contributed by atoms with E-state index in [1.807, 2.05) is 32.9 Å². The molecular formula is C10H13ClO. The Labute approximate surface area is 78.3 Å². The zero-order valence-electron chi connectivity index (χ0n) is 7.65. The number of rotatable bonds is 2. The first-order chi connectivity index (χ1) is 5.66. The van der Waals surface area contributed by atoms with E-state index in [-0.39, 0.29) is 0 Å². The molecule has 0 atom stereocenters. The zero-order valence-corrected chi connectivity index (χ0v) is 8.40. The second-order valence-corrected chi connectivity index (χ2v) is 3.15. The normalized spacial score (nSPS) is 10.0. The average Bonchev–Trinajstić information content (AvgIpc) is 2.06. The Morgan fingerprint density at radius 2 is 1.83 bits per heavy atom. The van der Waals surface area contributed by atoms with Crippen molar-refractivity contribution in [1.29, 1.82) is 0 Å². The van der Waals surface area contributed by atoms with E-state index < -0.39 is 0 Å². The van der Waals surface area contributed by atoms with E-state index in [0.29, 0.717) is 6.61 Å². The molecule has 0 aliphatic carbocycles. The average molecular weight is 185 g/mol. The standard InChI is InChI=1S/C10H13ClO/c1-4-12-10-8(3)6-5-7(2)9(10)11/h5-6H,4H2,1-3H3. The molecule has 0 saturated carbocycles. The fourth-order valence-electron chi connectivity index (χ4n) is 1.07. The molecule has 1 aromatic carbocycles. The minimum absolute atomic E-state index is 0.657. The van der Waals surface area contributed by atoms with Gasteiger partial charge in [0.05, 0.1) is 11.6 Å².